The largest absolute Gasteiger partial charge is 0.508 e. The molecule has 0 aliphatic heterocycles. The van der Waals surface area contributed by atoms with Crippen molar-refractivity contribution >= 4 is 6.16 Å². The molecule has 2 aromatic rings. The maximum absolute atomic E-state index is 11.4. The Morgan fingerprint density at radius 3 is 2.05 bits per heavy atom. The zero-order chi connectivity index (χ0) is 14.0. The van der Waals surface area contributed by atoms with Gasteiger partial charge in [-0.15, -0.1) is 0 Å². The minimum atomic E-state index is -0.609. The van der Waals surface area contributed by atoms with Crippen LogP contribution in [0.3, 0.4) is 0 Å². The third-order valence-electron chi connectivity index (χ3n) is 2.87. The average molecular weight is 270 g/mol. The molecule has 0 aliphatic carbocycles. The SMILES string of the molecule is O=C(OCCCc1ccccc1)OCc1ccccc1. The molecule has 2 rings (SSSR count). The van der Waals surface area contributed by atoms with Crippen LogP contribution in [0.1, 0.15) is 17.5 Å². The van der Waals surface area contributed by atoms with E-state index in [-0.39, 0.29) is 6.61 Å². The van der Waals surface area contributed by atoms with E-state index in [0.29, 0.717) is 6.61 Å². The first kappa shape index (κ1) is 14.1. The van der Waals surface area contributed by atoms with Crippen molar-refractivity contribution in [3.63, 3.8) is 0 Å². The fourth-order valence-corrected chi connectivity index (χ4v) is 1.83. The fraction of sp³-hybridized carbons (Fsp3) is 0.235. The molecule has 104 valence electrons. The molecule has 0 radical (unpaired) electrons. The Morgan fingerprint density at radius 1 is 0.800 bits per heavy atom. The van der Waals surface area contributed by atoms with E-state index in [9.17, 15) is 4.79 Å². The van der Waals surface area contributed by atoms with Gasteiger partial charge in [0.15, 0.2) is 0 Å². The van der Waals surface area contributed by atoms with Crippen LogP contribution in [0.5, 0.6) is 0 Å². The van der Waals surface area contributed by atoms with Crippen LogP contribution in [0.4, 0.5) is 4.79 Å². The standard InChI is InChI=1S/C17H18O3/c18-17(20-14-16-10-5-2-6-11-16)19-13-7-12-15-8-3-1-4-9-15/h1-6,8-11H,7,12-14H2. The molecule has 20 heavy (non-hydrogen) atoms. The van der Waals surface area contributed by atoms with Gasteiger partial charge in [0.2, 0.25) is 0 Å². The predicted octanol–water partition coefficient (Wildman–Crippen LogP) is 3.97. The molecular weight excluding hydrogens is 252 g/mol. The van der Waals surface area contributed by atoms with Gasteiger partial charge in [-0.05, 0) is 24.0 Å². The average Bonchev–Trinajstić information content (AvgIpc) is 2.52. The third-order valence-corrected chi connectivity index (χ3v) is 2.87. The summed E-state index contributed by atoms with van der Waals surface area (Å²) in [6.45, 7) is 0.626. The van der Waals surface area contributed by atoms with Gasteiger partial charge in [0.25, 0.3) is 0 Å². The van der Waals surface area contributed by atoms with E-state index in [0.717, 1.165) is 18.4 Å². The van der Waals surface area contributed by atoms with Gasteiger partial charge in [0.05, 0.1) is 6.61 Å². The lowest BCUT2D eigenvalue weighted by Crippen LogP contribution is -2.09. The van der Waals surface area contributed by atoms with Crippen LogP contribution in [0, 0.1) is 0 Å². The lowest BCUT2D eigenvalue weighted by molar-refractivity contribution is 0.0492. The number of ether oxygens (including phenoxy) is 2. The molecule has 0 bridgehead atoms. The van der Waals surface area contributed by atoms with Crippen molar-refractivity contribution in [3.8, 4) is 0 Å². The van der Waals surface area contributed by atoms with Crippen LogP contribution >= 0.6 is 0 Å². The summed E-state index contributed by atoms with van der Waals surface area (Å²) in [5.41, 5.74) is 2.20. The topological polar surface area (TPSA) is 35.5 Å². The van der Waals surface area contributed by atoms with E-state index in [2.05, 4.69) is 12.1 Å². The summed E-state index contributed by atoms with van der Waals surface area (Å²) in [5, 5.41) is 0. The molecule has 3 heteroatoms. The Kier molecular flexibility index (Phi) is 5.65. The molecule has 0 saturated carbocycles. The quantitative estimate of drug-likeness (QED) is 0.588. The second-order valence-corrected chi connectivity index (χ2v) is 4.46. The number of benzene rings is 2. The van der Waals surface area contributed by atoms with Gasteiger partial charge in [-0.25, -0.2) is 4.79 Å². The molecule has 0 aliphatic rings. The molecule has 3 nitrogen and oxygen atoms in total. The first-order valence-electron chi connectivity index (χ1n) is 6.72. The highest BCUT2D eigenvalue weighted by molar-refractivity contribution is 5.59. The highest BCUT2D eigenvalue weighted by atomic mass is 16.7. The number of carbonyl (C=O) groups is 1. The summed E-state index contributed by atoms with van der Waals surface area (Å²) in [4.78, 5) is 11.4. The lowest BCUT2D eigenvalue weighted by Gasteiger charge is -2.06. The van der Waals surface area contributed by atoms with Crippen LogP contribution in [-0.2, 0) is 22.5 Å². The molecule has 0 saturated heterocycles. The van der Waals surface area contributed by atoms with Gasteiger partial charge in [0, 0.05) is 0 Å². The number of aryl methyl sites for hydroxylation is 1. The summed E-state index contributed by atoms with van der Waals surface area (Å²) >= 11 is 0. The highest BCUT2D eigenvalue weighted by Crippen LogP contribution is 2.04. The number of hydrogen-bond acceptors (Lipinski definition) is 3. The van der Waals surface area contributed by atoms with Crippen molar-refractivity contribution in [2.45, 2.75) is 19.4 Å². The number of rotatable bonds is 6. The summed E-state index contributed by atoms with van der Waals surface area (Å²) in [5.74, 6) is 0. The first-order valence-corrected chi connectivity index (χ1v) is 6.72. The zero-order valence-corrected chi connectivity index (χ0v) is 11.3. The normalized spacial score (nSPS) is 10.0. The van der Waals surface area contributed by atoms with Gasteiger partial charge >= 0.3 is 6.16 Å². The van der Waals surface area contributed by atoms with Crippen molar-refractivity contribution in [1.29, 1.82) is 0 Å². The van der Waals surface area contributed by atoms with E-state index in [1.54, 1.807) is 0 Å². The zero-order valence-electron chi connectivity index (χ0n) is 11.3. The molecule has 0 fully saturated rings. The first-order chi connectivity index (χ1) is 9.84. The molecular formula is C17H18O3. The number of hydrogen-bond donors (Lipinski definition) is 0. The van der Waals surface area contributed by atoms with Gasteiger partial charge < -0.3 is 9.47 Å². The monoisotopic (exact) mass is 270 g/mol. The van der Waals surface area contributed by atoms with Crippen molar-refractivity contribution in [3.05, 3.63) is 71.8 Å². The van der Waals surface area contributed by atoms with Crippen molar-refractivity contribution in [1.82, 2.24) is 0 Å². The maximum Gasteiger partial charge on any atom is 0.508 e. The minimum Gasteiger partial charge on any atom is -0.434 e. The molecule has 0 spiro atoms. The Bertz CT molecular complexity index is 508. The van der Waals surface area contributed by atoms with Gasteiger partial charge in [-0.1, -0.05) is 60.7 Å². The summed E-state index contributed by atoms with van der Waals surface area (Å²) in [6, 6.07) is 19.7. The van der Waals surface area contributed by atoms with E-state index in [1.165, 1.54) is 5.56 Å². The maximum atomic E-state index is 11.4. The second kappa shape index (κ2) is 8.00. The van der Waals surface area contributed by atoms with Crippen LogP contribution in [0.2, 0.25) is 0 Å². The summed E-state index contributed by atoms with van der Waals surface area (Å²) in [7, 11) is 0. The molecule has 0 amide bonds. The van der Waals surface area contributed by atoms with Crippen molar-refractivity contribution in [2.75, 3.05) is 6.61 Å². The van der Waals surface area contributed by atoms with Gasteiger partial charge in [0.1, 0.15) is 6.61 Å². The van der Waals surface area contributed by atoms with E-state index in [4.69, 9.17) is 9.47 Å². The van der Waals surface area contributed by atoms with E-state index in [1.807, 2.05) is 48.5 Å². The van der Waals surface area contributed by atoms with Crippen LogP contribution < -0.4 is 0 Å². The molecule has 0 atom stereocenters. The smallest absolute Gasteiger partial charge is 0.434 e. The summed E-state index contributed by atoms with van der Waals surface area (Å²) in [6.07, 6.45) is 1.08. The van der Waals surface area contributed by atoms with E-state index >= 15 is 0 Å². The Balaban J connectivity index is 1.59. The summed E-state index contributed by atoms with van der Waals surface area (Å²) < 4.78 is 10.0. The molecule has 0 aromatic heterocycles. The number of carbonyl (C=O) groups excluding carboxylic acids is 1. The van der Waals surface area contributed by atoms with Gasteiger partial charge in [-0.2, -0.15) is 0 Å². The lowest BCUT2D eigenvalue weighted by atomic mass is 10.1. The van der Waals surface area contributed by atoms with Crippen LogP contribution in [0.15, 0.2) is 60.7 Å². The molecule has 0 heterocycles. The Hall–Kier alpha value is -2.29. The van der Waals surface area contributed by atoms with E-state index < -0.39 is 6.16 Å². The Labute approximate surface area is 119 Å². The van der Waals surface area contributed by atoms with Crippen molar-refractivity contribution in [2.24, 2.45) is 0 Å². The Morgan fingerprint density at radius 2 is 1.40 bits per heavy atom. The second-order valence-electron chi connectivity index (χ2n) is 4.46. The predicted molar refractivity (Wildman–Crippen MR) is 77.3 cm³/mol. The van der Waals surface area contributed by atoms with Crippen LogP contribution in [-0.4, -0.2) is 12.8 Å². The van der Waals surface area contributed by atoms with Crippen LogP contribution in [0.25, 0.3) is 0 Å². The molecule has 0 N–H and O–H groups in total. The molecule has 2 aromatic carbocycles. The van der Waals surface area contributed by atoms with Crippen molar-refractivity contribution < 1.29 is 14.3 Å². The molecule has 0 unspecified atom stereocenters. The highest BCUT2D eigenvalue weighted by Gasteiger charge is 2.04. The fourth-order valence-electron chi connectivity index (χ4n) is 1.83. The minimum absolute atomic E-state index is 0.248. The third kappa shape index (κ3) is 5.14. The van der Waals surface area contributed by atoms with Gasteiger partial charge in [-0.3, -0.25) is 0 Å².